The van der Waals surface area contributed by atoms with Gasteiger partial charge in [0.25, 0.3) is 0 Å². The molecule has 0 saturated heterocycles. The molecule has 2 aromatic rings. The van der Waals surface area contributed by atoms with Crippen LogP contribution < -0.4 is 5.43 Å². The molecule has 1 unspecified atom stereocenters. The summed E-state index contributed by atoms with van der Waals surface area (Å²) in [6.45, 7) is 1.97. The van der Waals surface area contributed by atoms with Crippen molar-refractivity contribution in [2.75, 3.05) is 6.61 Å². The third-order valence-corrected chi connectivity index (χ3v) is 4.71. The maximum Gasteiger partial charge on any atom is 0.343 e. The predicted molar refractivity (Wildman–Crippen MR) is 79.6 cm³/mol. The molecule has 4 nitrogen and oxygen atoms in total. The van der Waals surface area contributed by atoms with Crippen LogP contribution in [0.4, 0.5) is 8.78 Å². The van der Waals surface area contributed by atoms with Crippen molar-refractivity contribution < 1.29 is 18.3 Å². The maximum absolute atomic E-state index is 14.0. The third kappa shape index (κ3) is 2.28. The normalized spacial score (nSPS) is 16.8. The number of carbonyl (C=O) groups excluding carboxylic acids is 1. The molecule has 1 atom stereocenters. The largest absolute Gasteiger partial charge is 0.462 e. The number of esters is 1. The minimum Gasteiger partial charge on any atom is -0.462 e. The van der Waals surface area contributed by atoms with Crippen LogP contribution in [-0.4, -0.2) is 21.9 Å². The second-order valence-electron chi connectivity index (χ2n) is 4.67. The van der Waals surface area contributed by atoms with Crippen LogP contribution >= 0.6 is 23.4 Å². The van der Waals surface area contributed by atoms with Crippen LogP contribution in [0.25, 0.3) is 10.9 Å². The van der Waals surface area contributed by atoms with Crippen LogP contribution in [0.15, 0.2) is 22.0 Å². The molecule has 0 fully saturated rings. The predicted octanol–water partition coefficient (Wildman–Crippen LogP) is 3.13. The first-order chi connectivity index (χ1) is 10.4. The van der Waals surface area contributed by atoms with Crippen LogP contribution in [0.5, 0.6) is 0 Å². The highest BCUT2D eigenvalue weighted by Gasteiger charge is 2.28. The fraction of sp³-hybridized carbons (Fsp3) is 0.286. The van der Waals surface area contributed by atoms with Crippen molar-refractivity contribution in [3.05, 3.63) is 39.7 Å². The fourth-order valence-electron chi connectivity index (χ4n) is 2.40. The molecule has 0 saturated carbocycles. The molecule has 2 heterocycles. The lowest BCUT2D eigenvalue weighted by molar-refractivity contribution is 0.0524. The van der Waals surface area contributed by atoms with E-state index in [2.05, 4.69) is 0 Å². The highest BCUT2D eigenvalue weighted by molar-refractivity contribution is 8.01. The van der Waals surface area contributed by atoms with E-state index in [0.29, 0.717) is 0 Å². The molecular formula is C14H10ClF2NO3S. The van der Waals surface area contributed by atoms with Gasteiger partial charge in [-0.1, -0.05) is 11.8 Å². The molecule has 8 heteroatoms. The van der Waals surface area contributed by atoms with Crippen molar-refractivity contribution in [1.29, 1.82) is 0 Å². The zero-order valence-electron chi connectivity index (χ0n) is 11.4. The molecule has 1 aliphatic rings. The topological polar surface area (TPSA) is 48.3 Å². The summed E-state index contributed by atoms with van der Waals surface area (Å²) in [5.41, 5.74) is -0.653. The Morgan fingerprint density at radius 2 is 2.27 bits per heavy atom. The highest BCUT2D eigenvalue weighted by Crippen LogP contribution is 2.39. The zero-order chi connectivity index (χ0) is 16.0. The Kier molecular flexibility index (Phi) is 3.86. The molecular weight excluding hydrogens is 336 g/mol. The van der Waals surface area contributed by atoms with Crippen LogP contribution in [0, 0.1) is 11.6 Å². The highest BCUT2D eigenvalue weighted by atomic mass is 35.5. The minimum atomic E-state index is -1.15. The smallest absolute Gasteiger partial charge is 0.343 e. The third-order valence-electron chi connectivity index (χ3n) is 3.29. The van der Waals surface area contributed by atoms with E-state index in [0.717, 1.165) is 17.8 Å². The number of halogens is 3. The Hall–Kier alpha value is -1.60. The van der Waals surface area contributed by atoms with Crippen LogP contribution in [0.2, 0.25) is 0 Å². The number of hydrogen-bond acceptors (Lipinski definition) is 4. The summed E-state index contributed by atoms with van der Waals surface area (Å²) >= 11 is 7.00. The molecule has 0 radical (unpaired) electrons. The lowest BCUT2D eigenvalue weighted by Crippen LogP contribution is -2.25. The second-order valence-corrected chi connectivity index (χ2v) is 6.67. The molecule has 0 aliphatic carbocycles. The minimum absolute atomic E-state index is 0.0197. The van der Waals surface area contributed by atoms with Crippen molar-refractivity contribution in [3.8, 4) is 0 Å². The van der Waals surface area contributed by atoms with Crippen molar-refractivity contribution >= 4 is 40.2 Å². The Labute approximate surface area is 133 Å². The average Bonchev–Trinajstić information content (AvgIpc) is 2.47. The monoisotopic (exact) mass is 345 g/mol. The van der Waals surface area contributed by atoms with Gasteiger partial charge in [0.2, 0.25) is 5.43 Å². The van der Waals surface area contributed by atoms with E-state index >= 15 is 0 Å². The number of thioether (sulfide) groups is 1. The lowest BCUT2D eigenvalue weighted by atomic mass is 10.1. The SMILES string of the molecule is CCOC(=O)c1cn2c3c(c(F)c(F)cc3c1=O)SC(Cl)C2. The number of hydrogen-bond donors (Lipinski definition) is 0. The Bertz CT molecular complexity index is 852. The van der Waals surface area contributed by atoms with E-state index in [4.69, 9.17) is 16.3 Å². The van der Waals surface area contributed by atoms with E-state index in [1.165, 1.54) is 10.8 Å². The number of benzene rings is 1. The zero-order valence-corrected chi connectivity index (χ0v) is 12.9. The molecule has 0 spiro atoms. The summed E-state index contributed by atoms with van der Waals surface area (Å²) in [5.74, 6) is -2.99. The summed E-state index contributed by atoms with van der Waals surface area (Å²) in [7, 11) is 0. The van der Waals surface area contributed by atoms with Crippen molar-refractivity contribution in [2.24, 2.45) is 0 Å². The van der Waals surface area contributed by atoms with Gasteiger partial charge in [-0.25, -0.2) is 13.6 Å². The van der Waals surface area contributed by atoms with Gasteiger partial charge in [-0.15, -0.1) is 11.6 Å². The maximum atomic E-state index is 14.0. The average molecular weight is 346 g/mol. The summed E-state index contributed by atoms with van der Waals surface area (Å²) in [6.07, 6.45) is 1.29. The van der Waals surface area contributed by atoms with Gasteiger partial charge in [0.05, 0.1) is 22.4 Å². The quantitative estimate of drug-likeness (QED) is 0.620. The van der Waals surface area contributed by atoms with Gasteiger partial charge in [0.15, 0.2) is 11.6 Å². The molecule has 3 rings (SSSR count). The van der Waals surface area contributed by atoms with Gasteiger partial charge in [-0.2, -0.15) is 0 Å². The first-order valence-electron chi connectivity index (χ1n) is 6.47. The number of nitrogens with zero attached hydrogens (tertiary/aromatic N) is 1. The number of aromatic nitrogens is 1. The summed E-state index contributed by atoms with van der Waals surface area (Å²) in [5, 5.41) is -0.0597. The number of pyridine rings is 1. The molecule has 22 heavy (non-hydrogen) atoms. The summed E-state index contributed by atoms with van der Waals surface area (Å²) in [6, 6.07) is 0.810. The number of alkyl halides is 1. The van der Waals surface area contributed by atoms with Crippen molar-refractivity contribution in [3.63, 3.8) is 0 Å². The lowest BCUT2D eigenvalue weighted by Gasteiger charge is -2.24. The molecule has 0 N–H and O–H groups in total. The first kappa shape index (κ1) is 15.3. The van der Waals surface area contributed by atoms with E-state index in [-0.39, 0.29) is 34.5 Å². The molecule has 116 valence electrons. The van der Waals surface area contributed by atoms with Gasteiger partial charge in [0.1, 0.15) is 10.3 Å². The Balaban J connectivity index is 2.38. The standard InChI is InChI=1S/C14H10ClF2NO3S/c1-2-21-14(20)7-4-18-5-9(15)22-13-10(17)8(16)3-6(11(13)18)12(7)19/h3-4,9H,2,5H2,1H3. The van der Waals surface area contributed by atoms with Gasteiger partial charge in [0, 0.05) is 12.7 Å². The van der Waals surface area contributed by atoms with Gasteiger partial charge in [-0.05, 0) is 13.0 Å². The van der Waals surface area contributed by atoms with E-state index in [1.807, 2.05) is 0 Å². The summed E-state index contributed by atoms with van der Waals surface area (Å²) in [4.78, 5) is 24.2. The van der Waals surface area contributed by atoms with Crippen molar-refractivity contribution in [1.82, 2.24) is 4.57 Å². The number of carbonyl (C=O) groups is 1. The molecule has 1 aromatic carbocycles. The van der Waals surface area contributed by atoms with Crippen LogP contribution in [0.3, 0.4) is 0 Å². The van der Waals surface area contributed by atoms with Gasteiger partial charge >= 0.3 is 5.97 Å². The number of rotatable bonds is 2. The fourth-order valence-corrected chi connectivity index (χ4v) is 3.85. The first-order valence-corrected chi connectivity index (χ1v) is 7.78. The Morgan fingerprint density at radius 3 is 2.95 bits per heavy atom. The van der Waals surface area contributed by atoms with Crippen molar-refractivity contribution in [2.45, 2.75) is 23.1 Å². The molecule has 0 bridgehead atoms. The number of ether oxygens (including phenoxy) is 1. The molecule has 1 aromatic heterocycles. The van der Waals surface area contributed by atoms with E-state index in [1.54, 1.807) is 6.92 Å². The van der Waals surface area contributed by atoms with Gasteiger partial charge < -0.3 is 9.30 Å². The second kappa shape index (κ2) is 5.55. The van der Waals surface area contributed by atoms with E-state index in [9.17, 15) is 18.4 Å². The molecule has 1 aliphatic heterocycles. The Morgan fingerprint density at radius 1 is 1.55 bits per heavy atom. The van der Waals surface area contributed by atoms with Gasteiger partial charge in [-0.3, -0.25) is 4.79 Å². The van der Waals surface area contributed by atoms with Crippen LogP contribution in [0.1, 0.15) is 17.3 Å². The van der Waals surface area contributed by atoms with Crippen LogP contribution in [-0.2, 0) is 11.3 Å². The summed E-state index contributed by atoms with van der Waals surface area (Å²) < 4.78 is 33.5. The van der Waals surface area contributed by atoms with E-state index < -0.39 is 27.7 Å². The molecule has 0 amide bonds.